The minimum Gasteiger partial charge on any atom is -0.503 e. The van der Waals surface area contributed by atoms with E-state index in [1.54, 1.807) is 19.1 Å². The number of nitro benzene ring substituents is 1. The second-order valence-corrected chi connectivity index (χ2v) is 4.07. The summed E-state index contributed by atoms with van der Waals surface area (Å²) >= 11 is 0. The molecule has 0 aliphatic rings. The number of nitro groups is 1. The summed E-state index contributed by atoms with van der Waals surface area (Å²) in [6.45, 7) is 1.77. The maximum absolute atomic E-state index is 11.9. The molecule has 2 rings (SSSR count). The Balaban J connectivity index is 2.70. The van der Waals surface area contributed by atoms with E-state index in [0.29, 0.717) is 11.3 Å². The standard InChI is InChI=1S/C14H12N2O4/c1-2-4-10-9-11(16(19)20)6-7-12(10)15-8-3-5-13(17)14(15)18/h2-9,17H,1H3/b4-2-. The summed E-state index contributed by atoms with van der Waals surface area (Å²) < 4.78 is 1.24. The van der Waals surface area contributed by atoms with Gasteiger partial charge in [-0.1, -0.05) is 12.2 Å². The molecular weight excluding hydrogens is 260 g/mol. The third kappa shape index (κ3) is 2.44. The van der Waals surface area contributed by atoms with Crippen molar-refractivity contribution in [1.82, 2.24) is 4.57 Å². The normalized spacial score (nSPS) is 10.8. The van der Waals surface area contributed by atoms with E-state index in [2.05, 4.69) is 0 Å². The zero-order chi connectivity index (χ0) is 14.7. The molecule has 0 radical (unpaired) electrons. The molecule has 2 aromatic rings. The Kier molecular flexibility index (Phi) is 3.65. The Morgan fingerprint density at radius 3 is 2.75 bits per heavy atom. The molecule has 0 bridgehead atoms. The summed E-state index contributed by atoms with van der Waals surface area (Å²) in [5.41, 5.74) is 0.353. The van der Waals surface area contributed by atoms with Crippen LogP contribution in [0.4, 0.5) is 5.69 Å². The van der Waals surface area contributed by atoms with Gasteiger partial charge in [0.05, 0.1) is 10.6 Å². The number of benzene rings is 1. The summed E-state index contributed by atoms with van der Waals surface area (Å²) in [5, 5.41) is 20.3. The van der Waals surface area contributed by atoms with E-state index in [1.165, 1.54) is 41.1 Å². The SMILES string of the molecule is C/C=C\c1cc([N+](=O)[O-])ccc1-n1cccc(O)c1=O. The Morgan fingerprint density at radius 2 is 2.10 bits per heavy atom. The van der Waals surface area contributed by atoms with E-state index in [-0.39, 0.29) is 11.4 Å². The Labute approximate surface area is 114 Å². The van der Waals surface area contributed by atoms with Gasteiger partial charge in [0.1, 0.15) is 0 Å². The number of pyridine rings is 1. The summed E-state index contributed by atoms with van der Waals surface area (Å²) in [7, 11) is 0. The molecule has 0 fully saturated rings. The number of allylic oxidation sites excluding steroid dienone is 1. The molecule has 1 aromatic carbocycles. The van der Waals surface area contributed by atoms with Gasteiger partial charge in [0.15, 0.2) is 5.75 Å². The van der Waals surface area contributed by atoms with E-state index in [0.717, 1.165) is 0 Å². The summed E-state index contributed by atoms with van der Waals surface area (Å²) in [4.78, 5) is 22.2. The number of aromatic hydroxyl groups is 1. The highest BCUT2D eigenvalue weighted by Crippen LogP contribution is 2.22. The number of hydrogen-bond acceptors (Lipinski definition) is 4. The maximum Gasteiger partial charge on any atom is 0.297 e. The van der Waals surface area contributed by atoms with Crippen molar-refractivity contribution < 1.29 is 10.0 Å². The van der Waals surface area contributed by atoms with Gasteiger partial charge >= 0.3 is 0 Å². The lowest BCUT2D eigenvalue weighted by Gasteiger charge is -2.09. The Morgan fingerprint density at radius 1 is 1.35 bits per heavy atom. The highest BCUT2D eigenvalue weighted by atomic mass is 16.6. The molecule has 102 valence electrons. The molecule has 20 heavy (non-hydrogen) atoms. The van der Waals surface area contributed by atoms with Crippen LogP contribution in [0, 0.1) is 10.1 Å². The van der Waals surface area contributed by atoms with Crippen LogP contribution in [-0.2, 0) is 0 Å². The average Bonchev–Trinajstić information content (AvgIpc) is 2.42. The van der Waals surface area contributed by atoms with Crippen LogP contribution >= 0.6 is 0 Å². The second-order valence-electron chi connectivity index (χ2n) is 4.07. The quantitative estimate of drug-likeness (QED) is 0.687. The highest BCUT2D eigenvalue weighted by Gasteiger charge is 2.12. The molecule has 0 unspecified atom stereocenters. The van der Waals surface area contributed by atoms with Crippen molar-refractivity contribution in [2.45, 2.75) is 6.92 Å². The zero-order valence-electron chi connectivity index (χ0n) is 10.7. The molecular formula is C14H12N2O4. The van der Waals surface area contributed by atoms with Gasteiger partial charge < -0.3 is 5.11 Å². The fraction of sp³-hybridized carbons (Fsp3) is 0.0714. The van der Waals surface area contributed by atoms with Gasteiger partial charge in [-0.15, -0.1) is 0 Å². The van der Waals surface area contributed by atoms with E-state index in [9.17, 15) is 20.0 Å². The summed E-state index contributed by atoms with van der Waals surface area (Å²) in [5.74, 6) is -0.378. The lowest BCUT2D eigenvalue weighted by molar-refractivity contribution is -0.384. The van der Waals surface area contributed by atoms with Crippen molar-refractivity contribution >= 4 is 11.8 Å². The highest BCUT2D eigenvalue weighted by molar-refractivity contribution is 5.64. The van der Waals surface area contributed by atoms with Crippen LogP contribution in [0.5, 0.6) is 5.75 Å². The fourth-order valence-corrected chi connectivity index (χ4v) is 1.86. The number of non-ortho nitro benzene ring substituents is 1. The van der Waals surface area contributed by atoms with Crippen molar-refractivity contribution in [3.05, 3.63) is 68.6 Å². The van der Waals surface area contributed by atoms with Crippen molar-refractivity contribution in [2.24, 2.45) is 0 Å². The predicted octanol–water partition coefficient (Wildman–Crippen LogP) is 2.48. The van der Waals surface area contributed by atoms with Crippen LogP contribution in [0.15, 0.2) is 47.4 Å². The first-order valence-corrected chi connectivity index (χ1v) is 5.86. The molecule has 0 aliphatic heterocycles. The van der Waals surface area contributed by atoms with Crippen LogP contribution in [0.1, 0.15) is 12.5 Å². The fourth-order valence-electron chi connectivity index (χ4n) is 1.86. The Hall–Kier alpha value is -2.89. The van der Waals surface area contributed by atoms with Crippen LogP contribution in [-0.4, -0.2) is 14.6 Å². The molecule has 0 saturated heterocycles. The first kappa shape index (κ1) is 13.5. The van der Waals surface area contributed by atoms with Crippen molar-refractivity contribution in [1.29, 1.82) is 0 Å². The van der Waals surface area contributed by atoms with Gasteiger partial charge in [0.2, 0.25) is 0 Å². The van der Waals surface area contributed by atoms with Crippen molar-refractivity contribution in [3.8, 4) is 11.4 Å². The van der Waals surface area contributed by atoms with Crippen molar-refractivity contribution in [3.63, 3.8) is 0 Å². The number of rotatable bonds is 3. The van der Waals surface area contributed by atoms with Gasteiger partial charge in [-0.3, -0.25) is 19.5 Å². The molecule has 0 spiro atoms. The molecule has 1 heterocycles. The van der Waals surface area contributed by atoms with E-state index >= 15 is 0 Å². The molecule has 1 N–H and O–H groups in total. The molecule has 0 aliphatic carbocycles. The maximum atomic E-state index is 11.9. The predicted molar refractivity (Wildman–Crippen MR) is 75.1 cm³/mol. The van der Waals surface area contributed by atoms with Crippen LogP contribution in [0.25, 0.3) is 11.8 Å². The molecule has 0 saturated carbocycles. The van der Waals surface area contributed by atoms with Gasteiger partial charge in [-0.25, -0.2) is 0 Å². The second kappa shape index (κ2) is 5.40. The molecule has 6 nitrogen and oxygen atoms in total. The Bertz CT molecular complexity index is 747. The van der Waals surface area contributed by atoms with Gasteiger partial charge in [0.25, 0.3) is 11.2 Å². The number of nitrogens with zero attached hydrogens (tertiary/aromatic N) is 2. The average molecular weight is 272 g/mol. The first-order valence-electron chi connectivity index (χ1n) is 5.86. The summed E-state index contributed by atoms with van der Waals surface area (Å²) in [6, 6.07) is 7.00. The van der Waals surface area contributed by atoms with E-state index in [1.807, 2.05) is 0 Å². The molecule has 6 heteroatoms. The number of hydrogen-bond donors (Lipinski definition) is 1. The molecule has 0 atom stereocenters. The molecule has 1 aromatic heterocycles. The van der Waals surface area contributed by atoms with Crippen LogP contribution in [0.2, 0.25) is 0 Å². The lowest BCUT2D eigenvalue weighted by Crippen LogP contribution is -2.17. The third-order valence-electron chi connectivity index (χ3n) is 2.75. The zero-order valence-corrected chi connectivity index (χ0v) is 10.7. The first-order chi connectivity index (χ1) is 9.54. The monoisotopic (exact) mass is 272 g/mol. The van der Waals surface area contributed by atoms with Gasteiger partial charge in [-0.2, -0.15) is 0 Å². The minimum atomic E-state index is -0.577. The largest absolute Gasteiger partial charge is 0.503 e. The number of aromatic nitrogens is 1. The molecule has 0 amide bonds. The summed E-state index contributed by atoms with van der Waals surface area (Å²) in [6.07, 6.45) is 4.88. The third-order valence-corrected chi connectivity index (χ3v) is 2.75. The minimum absolute atomic E-state index is 0.0601. The van der Waals surface area contributed by atoms with Gasteiger partial charge in [0, 0.05) is 23.9 Å². The van der Waals surface area contributed by atoms with E-state index in [4.69, 9.17) is 0 Å². The van der Waals surface area contributed by atoms with Crippen molar-refractivity contribution in [2.75, 3.05) is 0 Å². The van der Waals surface area contributed by atoms with E-state index < -0.39 is 10.5 Å². The van der Waals surface area contributed by atoms with Gasteiger partial charge in [-0.05, 0) is 25.1 Å². The van der Waals surface area contributed by atoms with Crippen LogP contribution < -0.4 is 5.56 Å². The topological polar surface area (TPSA) is 85.4 Å². The van der Waals surface area contributed by atoms with Crippen LogP contribution in [0.3, 0.4) is 0 Å². The smallest absolute Gasteiger partial charge is 0.297 e. The lowest BCUT2D eigenvalue weighted by atomic mass is 10.1.